The van der Waals surface area contributed by atoms with Gasteiger partial charge in [0, 0.05) is 32.7 Å². The lowest BCUT2D eigenvalue weighted by Gasteiger charge is -2.23. The van der Waals surface area contributed by atoms with Gasteiger partial charge >= 0.3 is 5.97 Å². The third-order valence-electron chi connectivity index (χ3n) is 6.02. The van der Waals surface area contributed by atoms with Crippen LogP contribution in [0.1, 0.15) is 46.6 Å². The fourth-order valence-electron chi connectivity index (χ4n) is 3.87. The van der Waals surface area contributed by atoms with Crippen LogP contribution in [0.3, 0.4) is 0 Å². The molecule has 2 atom stereocenters. The van der Waals surface area contributed by atoms with Crippen molar-refractivity contribution in [2.24, 2.45) is 5.92 Å². The number of hydrogen-bond donors (Lipinski definition) is 1. The molecule has 2 heterocycles. The number of nitrogens with zero attached hydrogens (tertiary/aromatic N) is 2. The van der Waals surface area contributed by atoms with Crippen molar-refractivity contribution in [3.63, 3.8) is 0 Å². The Balaban J connectivity index is 1.31. The fourth-order valence-corrected chi connectivity index (χ4v) is 3.87. The Labute approximate surface area is 192 Å². The molecule has 0 bridgehead atoms. The molecule has 2 fully saturated rings. The molecule has 2 aliphatic rings. The summed E-state index contributed by atoms with van der Waals surface area (Å²) in [6.07, 6.45) is 2.51. The number of esters is 1. The molecule has 1 aliphatic carbocycles. The molecule has 33 heavy (non-hydrogen) atoms. The van der Waals surface area contributed by atoms with Crippen LogP contribution in [0, 0.1) is 12.8 Å². The van der Waals surface area contributed by atoms with Crippen molar-refractivity contribution in [3.05, 3.63) is 52.9 Å². The van der Waals surface area contributed by atoms with Gasteiger partial charge in [0.05, 0.1) is 30.4 Å². The zero-order valence-corrected chi connectivity index (χ0v) is 18.9. The Hall–Kier alpha value is -3.20. The predicted octanol–water partition coefficient (Wildman–Crippen LogP) is 2.02. The molecule has 0 radical (unpaired) electrons. The maximum Gasteiger partial charge on any atom is 0.338 e. The number of methoxy groups -OCH3 is 1. The smallest absolute Gasteiger partial charge is 0.338 e. The molecule has 2 unspecified atom stereocenters. The van der Waals surface area contributed by atoms with Gasteiger partial charge < -0.3 is 24.2 Å². The molecule has 2 aromatic rings. The molecule has 9 heteroatoms. The SMILES string of the molecule is COC1CC(C(=O)NCc2ccc(C(=O)OCC3CC3)cc2)N(C(=O)Cc2cc(C)no2)C1. The summed E-state index contributed by atoms with van der Waals surface area (Å²) >= 11 is 0. The molecule has 1 saturated heterocycles. The number of aryl methyl sites for hydroxylation is 1. The molecular weight excluding hydrogens is 426 g/mol. The van der Waals surface area contributed by atoms with Crippen LogP contribution in [0.4, 0.5) is 0 Å². The average molecular weight is 456 g/mol. The summed E-state index contributed by atoms with van der Waals surface area (Å²) in [4.78, 5) is 39.4. The second-order valence-corrected chi connectivity index (χ2v) is 8.72. The van der Waals surface area contributed by atoms with E-state index in [1.807, 2.05) is 0 Å². The monoisotopic (exact) mass is 455 g/mol. The Morgan fingerprint density at radius 3 is 2.61 bits per heavy atom. The summed E-state index contributed by atoms with van der Waals surface area (Å²) in [6.45, 7) is 2.89. The molecule has 2 amide bonds. The topological polar surface area (TPSA) is 111 Å². The van der Waals surface area contributed by atoms with Gasteiger partial charge in [0.25, 0.3) is 0 Å². The maximum absolute atomic E-state index is 12.9. The van der Waals surface area contributed by atoms with Crippen LogP contribution in [-0.2, 0) is 32.0 Å². The molecule has 1 saturated carbocycles. The van der Waals surface area contributed by atoms with Crippen molar-refractivity contribution in [3.8, 4) is 0 Å². The lowest BCUT2D eigenvalue weighted by atomic mass is 10.1. The van der Waals surface area contributed by atoms with Crippen LogP contribution < -0.4 is 5.32 Å². The number of nitrogens with one attached hydrogen (secondary N) is 1. The van der Waals surface area contributed by atoms with E-state index >= 15 is 0 Å². The summed E-state index contributed by atoms with van der Waals surface area (Å²) in [5, 5.41) is 6.70. The number of amides is 2. The number of aromatic nitrogens is 1. The van der Waals surface area contributed by atoms with Crippen molar-refractivity contribution < 1.29 is 28.4 Å². The third kappa shape index (κ3) is 5.98. The first-order valence-corrected chi connectivity index (χ1v) is 11.2. The highest BCUT2D eigenvalue weighted by atomic mass is 16.5. The minimum Gasteiger partial charge on any atom is -0.462 e. The Bertz CT molecular complexity index is 998. The third-order valence-corrected chi connectivity index (χ3v) is 6.02. The van der Waals surface area contributed by atoms with Crippen molar-refractivity contribution >= 4 is 17.8 Å². The standard InChI is InChI=1S/C24H29N3O6/c1-15-9-19(33-26-15)11-22(28)27-13-20(31-2)10-21(27)23(29)25-12-16-5-7-18(8-6-16)24(30)32-14-17-3-4-17/h5-9,17,20-21H,3-4,10-14H2,1-2H3,(H,25,29). The Morgan fingerprint density at radius 1 is 1.21 bits per heavy atom. The zero-order chi connectivity index (χ0) is 23.4. The normalized spacial score (nSPS) is 20.0. The first-order valence-electron chi connectivity index (χ1n) is 11.2. The summed E-state index contributed by atoms with van der Waals surface area (Å²) in [5.74, 6) is 0.200. The van der Waals surface area contributed by atoms with Crippen molar-refractivity contribution in [2.75, 3.05) is 20.3 Å². The van der Waals surface area contributed by atoms with E-state index in [2.05, 4.69) is 10.5 Å². The lowest BCUT2D eigenvalue weighted by Crippen LogP contribution is -2.46. The van der Waals surface area contributed by atoms with Crippen LogP contribution in [-0.4, -0.2) is 60.2 Å². The summed E-state index contributed by atoms with van der Waals surface area (Å²) < 4.78 is 15.8. The number of hydrogen-bond acceptors (Lipinski definition) is 7. The summed E-state index contributed by atoms with van der Waals surface area (Å²) in [7, 11) is 1.57. The quantitative estimate of drug-likeness (QED) is 0.576. The number of rotatable bonds is 9. The number of benzene rings is 1. The van der Waals surface area contributed by atoms with Gasteiger partial charge in [-0.2, -0.15) is 0 Å². The molecule has 1 N–H and O–H groups in total. The molecule has 1 aliphatic heterocycles. The van der Waals surface area contributed by atoms with E-state index in [0.717, 1.165) is 18.4 Å². The molecule has 1 aromatic carbocycles. The Kier molecular flexibility index (Phi) is 7.08. The van der Waals surface area contributed by atoms with E-state index in [-0.39, 0.29) is 36.9 Å². The molecule has 9 nitrogen and oxygen atoms in total. The van der Waals surface area contributed by atoms with E-state index in [1.165, 1.54) is 0 Å². The zero-order valence-electron chi connectivity index (χ0n) is 18.9. The van der Waals surface area contributed by atoms with Crippen molar-refractivity contribution in [2.45, 2.75) is 51.3 Å². The second kappa shape index (κ2) is 10.2. The number of carbonyl (C=O) groups is 3. The fraction of sp³-hybridized carbons (Fsp3) is 0.500. The molecule has 4 rings (SSSR count). The summed E-state index contributed by atoms with van der Waals surface area (Å²) in [6, 6.07) is 8.06. The van der Waals surface area contributed by atoms with Gasteiger partial charge in [-0.05, 0) is 43.4 Å². The van der Waals surface area contributed by atoms with Gasteiger partial charge in [-0.25, -0.2) is 4.79 Å². The predicted molar refractivity (Wildman–Crippen MR) is 117 cm³/mol. The highest BCUT2D eigenvalue weighted by Gasteiger charge is 2.39. The van der Waals surface area contributed by atoms with Crippen LogP contribution in [0.15, 0.2) is 34.9 Å². The van der Waals surface area contributed by atoms with E-state index in [0.29, 0.717) is 42.5 Å². The maximum atomic E-state index is 12.9. The van der Waals surface area contributed by atoms with E-state index in [9.17, 15) is 14.4 Å². The van der Waals surface area contributed by atoms with Gasteiger partial charge in [0.1, 0.15) is 11.8 Å². The first-order chi connectivity index (χ1) is 15.9. The Morgan fingerprint density at radius 2 is 1.97 bits per heavy atom. The van der Waals surface area contributed by atoms with Crippen LogP contribution in [0.2, 0.25) is 0 Å². The number of likely N-dealkylation sites (tertiary alicyclic amines) is 1. The van der Waals surface area contributed by atoms with E-state index in [1.54, 1.807) is 49.3 Å². The largest absolute Gasteiger partial charge is 0.462 e. The van der Waals surface area contributed by atoms with Gasteiger partial charge in [-0.3, -0.25) is 9.59 Å². The van der Waals surface area contributed by atoms with Gasteiger partial charge in [-0.1, -0.05) is 17.3 Å². The van der Waals surface area contributed by atoms with Crippen LogP contribution in [0.25, 0.3) is 0 Å². The number of ether oxygens (including phenoxy) is 2. The number of carbonyl (C=O) groups excluding carboxylic acids is 3. The van der Waals surface area contributed by atoms with Gasteiger partial charge in [0.2, 0.25) is 11.8 Å². The average Bonchev–Trinajstić information content (AvgIpc) is 3.40. The molecular formula is C24H29N3O6. The van der Waals surface area contributed by atoms with Crippen LogP contribution in [0.5, 0.6) is 0 Å². The lowest BCUT2D eigenvalue weighted by molar-refractivity contribution is -0.138. The second-order valence-electron chi connectivity index (χ2n) is 8.72. The minimum atomic E-state index is -0.622. The first kappa shape index (κ1) is 23.0. The van der Waals surface area contributed by atoms with Crippen molar-refractivity contribution in [1.29, 1.82) is 0 Å². The minimum absolute atomic E-state index is 0.0410. The van der Waals surface area contributed by atoms with Crippen molar-refractivity contribution in [1.82, 2.24) is 15.4 Å². The van der Waals surface area contributed by atoms with E-state index < -0.39 is 6.04 Å². The highest BCUT2D eigenvalue weighted by Crippen LogP contribution is 2.29. The van der Waals surface area contributed by atoms with Gasteiger partial charge in [-0.15, -0.1) is 0 Å². The molecule has 0 spiro atoms. The van der Waals surface area contributed by atoms with Crippen LogP contribution >= 0.6 is 0 Å². The van der Waals surface area contributed by atoms with Gasteiger partial charge in [0.15, 0.2) is 0 Å². The van der Waals surface area contributed by atoms with E-state index in [4.69, 9.17) is 14.0 Å². The molecule has 1 aromatic heterocycles. The highest BCUT2D eigenvalue weighted by molar-refractivity contribution is 5.90. The molecule has 176 valence electrons. The summed E-state index contributed by atoms with van der Waals surface area (Å²) in [5.41, 5.74) is 2.03.